The van der Waals surface area contributed by atoms with Crippen LogP contribution in [0.5, 0.6) is 11.5 Å². The van der Waals surface area contributed by atoms with Crippen LogP contribution in [0.1, 0.15) is 31.9 Å². The molecule has 5 heteroatoms. The first kappa shape index (κ1) is 23.0. The van der Waals surface area contributed by atoms with Crippen molar-refractivity contribution in [2.75, 3.05) is 7.05 Å². The van der Waals surface area contributed by atoms with Crippen LogP contribution >= 0.6 is 0 Å². The number of hydrogen-bond acceptors (Lipinski definition) is 2. The van der Waals surface area contributed by atoms with E-state index < -0.39 is 0 Å². The molecule has 182 valence electrons. The number of rotatable bonds is 4. The third-order valence-electron chi connectivity index (χ3n) is 6.75. The van der Waals surface area contributed by atoms with Gasteiger partial charge in [-0.1, -0.05) is 48.1 Å². The van der Waals surface area contributed by atoms with Gasteiger partial charge in [-0.15, -0.1) is 0 Å². The van der Waals surface area contributed by atoms with E-state index in [0.29, 0.717) is 0 Å². The predicted molar refractivity (Wildman–Crippen MR) is 149 cm³/mol. The molecule has 0 saturated carbocycles. The molecule has 0 fully saturated rings. The monoisotopic (exact) mass is 486 g/mol. The largest absolute Gasteiger partial charge is 0.495 e. The number of fused-ring (bicyclic) bond motifs is 3. The molecule has 0 unspecified atom stereocenters. The molecule has 0 radical (unpaired) electrons. The molecule has 1 aliphatic heterocycles. The van der Waals surface area contributed by atoms with Gasteiger partial charge in [-0.3, -0.25) is 4.57 Å². The average molecular weight is 487 g/mol. The molecule has 0 spiro atoms. The number of nitrogens with zero attached hydrogens (tertiary/aromatic N) is 4. The summed E-state index contributed by atoms with van der Waals surface area (Å²) >= 11 is 0. The average Bonchev–Trinajstić information content (AvgIpc) is 3.44. The van der Waals surface area contributed by atoms with E-state index in [2.05, 4.69) is 98.9 Å². The molecule has 5 nitrogen and oxygen atoms in total. The van der Waals surface area contributed by atoms with Gasteiger partial charge in [0.25, 0.3) is 6.20 Å². The van der Waals surface area contributed by atoms with Gasteiger partial charge in [0.1, 0.15) is 17.3 Å². The second-order valence-electron chi connectivity index (χ2n) is 10.7. The standard InChI is InChI=1S/C32H30N4O/c1-22-12-13-33-31(16-22)36-29-9-7-6-8-27(29)28-11-10-25(20-30(28)36)37-26-18-23(32(2,3)4)17-24(19-26)35-15-14-34(5)21-35/h6-20H,1-5H3/q+2. The summed E-state index contributed by atoms with van der Waals surface area (Å²) in [5, 5.41) is 2.37. The van der Waals surface area contributed by atoms with Crippen molar-refractivity contribution in [1.82, 2.24) is 9.55 Å². The second-order valence-corrected chi connectivity index (χ2v) is 10.7. The highest BCUT2D eigenvalue weighted by molar-refractivity contribution is 6.09. The lowest BCUT2D eigenvalue weighted by molar-refractivity contribution is -0.429. The van der Waals surface area contributed by atoms with Crippen LogP contribution in [-0.4, -0.2) is 31.8 Å². The van der Waals surface area contributed by atoms with E-state index >= 15 is 0 Å². The van der Waals surface area contributed by atoms with Crippen molar-refractivity contribution in [1.29, 1.82) is 0 Å². The highest BCUT2D eigenvalue weighted by Crippen LogP contribution is 2.37. The fourth-order valence-electron chi connectivity index (χ4n) is 4.80. The topological polar surface area (TPSA) is 33.1 Å². The molecule has 37 heavy (non-hydrogen) atoms. The summed E-state index contributed by atoms with van der Waals surface area (Å²) in [7, 11) is 1.97. The number of para-hydroxylation sites is 1. The fourth-order valence-corrected chi connectivity index (χ4v) is 4.80. The second kappa shape index (κ2) is 8.58. The van der Waals surface area contributed by atoms with E-state index in [1.165, 1.54) is 21.9 Å². The quantitative estimate of drug-likeness (QED) is 0.246. The van der Waals surface area contributed by atoms with Crippen molar-refractivity contribution in [3.05, 3.63) is 103 Å². The van der Waals surface area contributed by atoms with E-state index in [1.807, 2.05) is 46.9 Å². The van der Waals surface area contributed by atoms with Crippen molar-refractivity contribution < 1.29 is 13.9 Å². The number of aromatic nitrogens is 2. The molecule has 5 aromatic rings. The van der Waals surface area contributed by atoms with Crippen LogP contribution in [0.25, 0.3) is 27.6 Å². The first-order valence-electron chi connectivity index (χ1n) is 12.5. The summed E-state index contributed by atoms with van der Waals surface area (Å²) in [6.45, 7) is 8.74. The van der Waals surface area contributed by atoms with E-state index in [4.69, 9.17) is 9.72 Å². The van der Waals surface area contributed by atoms with Gasteiger partial charge in [0.05, 0.1) is 17.1 Å². The Labute approximate surface area is 216 Å². The molecular weight excluding hydrogens is 456 g/mol. The Morgan fingerprint density at radius 1 is 0.838 bits per heavy atom. The Kier molecular flexibility index (Phi) is 5.32. The number of ether oxygens (including phenoxy) is 1. The van der Waals surface area contributed by atoms with Crippen LogP contribution in [0.4, 0.5) is 5.69 Å². The van der Waals surface area contributed by atoms with Crippen molar-refractivity contribution in [2.24, 2.45) is 0 Å². The molecule has 3 heterocycles. The van der Waals surface area contributed by atoms with Gasteiger partial charge < -0.3 is 4.74 Å². The Balaban J connectivity index is 1.50. The summed E-state index contributed by atoms with van der Waals surface area (Å²) < 4.78 is 12.7. The molecule has 0 N–H and O–H groups in total. The van der Waals surface area contributed by atoms with Gasteiger partial charge in [-0.25, -0.2) is 4.98 Å². The molecule has 0 amide bonds. The van der Waals surface area contributed by atoms with Gasteiger partial charge >= 0.3 is 6.01 Å². The summed E-state index contributed by atoms with van der Waals surface area (Å²) in [5.74, 6) is 2.47. The SMILES string of the molecule is Cc1ccnc(-n2c3ccccc3c3ccc(Oc4cc([N+]5=C=[N+](C)C=C5)cc(C(C)(C)C)c4)cc32)c1. The maximum absolute atomic E-state index is 6.53. The Morgan fingerprint density at radius 3 is 2.41 bits per heavy atom. The molecule has 6 rings (SSSR count). The normalized spacial score (nSPS) is 13.3. The summed E-state index contributed by atoms with van der Waals surface area (Å²) in [6, 6.07) is 28.6. The zero-order valence-corrected chi connectivity index (χ0v) is 21.9. The maximum atomic E-state index is 6.53. The summed E-state index contributed by atoms with van der Waals surface area (Å²) in [5.41, 5.74) is 5.54. The third kappa shape index (κ3) is 4.24. The summed E-state index contributed by atoms with van der Waals surface area (Å²) in [4.78, 5) is 4.70. The molecule has 0 atom stereocenters. The number of benzene rings is 3. The first-order valence-corrected chi connectivity index (χ1v) is 12.5. The van der Waals surface area contributed by atoms with Crippen LogP contribution in [0.3, 0.4) is 0 Å². The fraction of sp³-hybridized carbons (Fsp3) is 0.188. The van der Waals surface area contributed by atoms with E-state index in [9.17, 15) is 0 Å². The smallest absolute Gasteiger partial charge is 0.457 e. The third-order valence-corrected chi connectivity index (χ3v) is 6.75. The molecule has 0 aliphatic carbocycles. The van der Waals surface area contributed by atoms with Crippen molar-refractivity contribution in [3.63, 3.8) is 0 Å². The van der Waals surface area contributed by atoms with E-state index in [-0.39, 0.29) is 5.41 Å². The molecule has 2 aromatic heterocycles. The Hall–Kier alpha value is -4.47. The molecule has 1 aliphatic rings. The maximum Gasteiger partial charge on any atom is 0.495 e. The Morgan fingerprint density at radius 2 is 1.65 bits per heavy atom. The van der Waals surface area contributed by atoms with Crippen molar-refractivity contribution in [2.45, 2.75) is 33.1 Å². The Bertz CT molecular complexity index is 1790. The van der Waals surface area contributed by atoms with Gasteiger partial charge in [0.15, 0.2) is 7.05 Å². The van der Waals surface area contributed by atoms with Crippen LogP contribution < -0.4 is 4.74 Å². The minimum absolute atomic E-state index is 0.0311. The minimum atomic E-state index is -0.0311. The highest BCUT2D eigenvalue weighted by Gasteiger charge is 2.23. The van der Waals surface area contributed by atoms with Crippen LogP contribution in [0, 0.1) is 6.92 Å². The highest BCUT2D eigenvalue weighted by atomic mass is 16.5. The van der Waals surface area contributed by atoms with Gasteiger partial charge in [0, 0.05) is 29.1 Å². The zero-order valence-electron chi connectivity index (χ0n) is 21.9. The van der Waals surface area contributed by atoms with Crippen LogP contribution in [0.2, 0.25) is 0 Å². The lowest BCUT2D eigenvalue weighted by Crippen LogP contribution is -2.11. The summed E-state index contributed by atoms with van der Waals surface area (Å²) in [6.07, 6.45) is 5.85. The minimum Gasteiger partial charge on any atom is -0.457 e. The number of aryl methyl sites for hydroxylation is 1. The van der Waals surface area contributed by atoms with E-state index in [1.54, 1.807) is 0 Å². The molecule has 3 aromatic carbocycles. The first-order chi connectivity index (χ1) is 17.8. The van der Waals surface area contributed by atoms with Crippen molar-refractivity contribution >= 4 is 33.5 Å². The predicted octanol–water partition coefficient (Wildman–Crippen LogP) is 7.52. The zero-order chi connectivity index (χ0) is 25.7. The molecule has 0 saturated heterocycles. The number of pyridine rings is 1. The van der Waals surface area contributed by atoms with E-state index in [0.717, 1.165) is 34.0 Å². The van der Waals surface area contributed by atoms with Gasteiger partial charge in [-0.2, -0.15) is 0 Å². The lowest BCUT2D eigenvalue weighted by atomic mass is 9.86. The lowest BCUT2D eigenvalue weighted by Gasteiger charge is -2.20. The van der Waals surface area contributed by atoms with Crippen LogP contribution in [0.15, 0.2) is 91.4 Å². The van der Waals surface area contributed by atoms with Crippen LogP contribution in [-0.2, 0) is 5.41 Å². The molecular formula is C32H30N4O+2. The van der Waals surface area contributed by atoms with Crippen molar-refractivity contribution in [3.8, 4) is 17.3 Å². The molecule has 0 bridgehead atoms. The van der Waals surface area contributed by atoms with Gasteiger partial charge in [0.2, 0.25) is 11.9 Å². The number of hydrogen-bond donors (Lipinski definition) is 0. The van der Waals surface area contributed by atoms with Gasteiger partial charge in [-0.05, 0) is 59.9 Å².